The van der Waals surface area contributed by atoms with Crippen LogP contribution in [0.2, 0.25) is 0 Å². The maximum atomic E-state index is 12.4. The van der Waals surface area contributed by atoms with Crippen molar-refractivity contribution in [2.24, 2.45) is 0 Å². The molecule has 0 radical (unpaired) electrons. The highest BCUT2D eigenvalue weighted by molar-refractivity contribution is 5.75. The van der Waals surface area contributed by atoms with Crippen LogP contribution in [0.15, 0.2) is 36.4 Å². The lowest BCUT2D eigenvalue weighted by atomic mass is 9.95. The molecule has 0 spiro atoms. The molecule has 2 N–H and O–H groups in total. The van der Waals surface area contributed by atoms with Crippen LogP contribution in [0.25, 0.3) is 5.69 Å². The minimum atomic E-state index is -0.0309. The fourth-order valence-corrected chi connectivity index (χ4v) is 5.11. The number of carbonyl (C=O) groups is 1. The van der Waals surface area contributed by atoms with Gasteiger partial charge in [-0.15, -0.1) is 0 Å². The zero-order valence-corrected chi connectivity index (χ0v) is 19.3. The van der Waals surface area contributed by atoms with E-state index < -0.39 is 0 Å². The van der Waals surface area contributed by atoms with E-state index in [2.05, 4.69) is 79.4 Å². The Hall–Kier alpha value is -2.56. The molecule has 2 amide bonds. The van der Waals surface area contributed by atoms with Crippen molar-refractivity contribution in [1.29, 1.82) is 0 Å². The van der Waals surface area contributed by atoms with Crippen LogP contribution in [0, 0.1) is 13.8 Å². The summed E-state index contributed by atoms with van der Waals surface area (Å²) in [6.45, 7) is 8.66. The van der Waals surface area contributed by atoms with Crippen LogP contribution in [-0.4, -0.2) is 27.9 Å². The van der Waals surface area contributed by atoms with Gasteiger partial charge in [0.2, 0.25) is 0 Å². The topological polar surface area (TPSA) is 59.0 Å². The lowest BCUT2D eigenvalue weighted by molar-refractivity contribution is 0.230. The zero-order valence-electron chi connectivity index (χ0n) is 19.3. The minimum absolute atomic E-state index is 0.0309. The lowest BCUT2D eigenvalue weighted by Crippen LogP contribution is -2.46. The minimum Gasteiger partial charge on any atom is -0.335 e. The van der Waals surface area contributed by atoms with Crippen molar-refractivity contribution in [3.63, 3.8) is 0 Å². The molecule has 1 aromatic carbocycles. The molecule has 2 atom stereocenters. The molecule has 2 aromatic rings. The largest absolute Gasteiger partial charge is 0.335 e. The Morgan fingerprint density at radius 2 is 1.74 bits per heavy atom. The van der Waals surface area contributed by atoms with Crippen LogP contribution in [0.4, 0.5) is 4.79 Å². The van der Waals surface area contributed by atoms with E-state index in [0.717, 1.165) is 30.6 Å². The maximum absolute atomic E-state index is 12.4. The average molecular weight is 421 g/mol. The first-order valence-corrected chi connectivity index (χ1v) is 11.8. The summed E-state index contributed by atoms with van der Waals surface area (Å²) in [5.74, 6) is 0.803. The fourth-order valence-electron chi connectivity index (χ4n) is 5.11. The van der Waals surface area contributed by atoms with Crippen LogP contribution in [0.5, 0.6) is 0 Å². The van der Waals surface area contributed by atoms with Crippen molar-refractivity contribution in [1.82, 2.24) is 20.4 Å². The standard InChI is InChI=1S/C26H36N4O/c1-17(2)20-11-14-24(15-12-20)30-19(4)25(18(3)29-30)21-10-13-23(16-21)28-26(31)27-22-8-6-5-7-9-22/h10-15,17,21-23H,5-9,16H2,1-4H3,(H2,27,28,31)/t21-,23+/m0/s1. The van der Waals surface area contributed by atoms with Gasteiger partial charge in [-0.1, -0.05) is 57.4 Å². The number of benzene rings is 1. The Morgan fingerprint density at radius 3 is 2.42 bits per heavy atom. The van der Waals surface area contributed by atoms with Crippen LogP contribution in [-0.2, 0) is 0 Å². The Bertz CT molecular complexity index is 935. The zero-order chi connectivity index (χ0) is 22.0. The molecule has 1 fully saturated rings. The Balaban J connectivity index is 1.41. The van der Waals surface area contributed by atoms with Crippen LogP contribution in [0.1, 0.15) is 86.7 Å². The van der Waals surface area contributed by atoms with Gasteiger partial charge in [-0.3, -0.25) is 0 Å². The van der Waals surface area contributed by atoms with E-state index in [4.69, 9.17) is 5.10 Å². The van der Waals surface area contributed by atoms with Gasteiger partial charge in [0, 0.05) is 29.3 Å². The third-order valence-corrected chi connectivity index (χ3v) is 6.86. The van der Waals surface area contributed by atoms with Gasteiger partial charge in [0.05, 0.1) is 11.4 Å². The molecule has 4 rings (SSSR count). The highest BCUT2D eigenvalue weighted by Gasteiger charge is 2.27. The third kappa shape index (κ3) is 4.86. The number of amides is 2. The van der Waals surface area contributed by atoms with Crippen molar-refractivity contribution in [3.8, 4) is 5.69 Å². The van der Waals surface area contributed by atoms with Gasteiger partial charge >= 0.3 is 6.03 Å². The quantitative estimate of drug-likeness (QED) is 0.614. The van der Waals surface area contributed by atoms with Gasteiger partial charge in [-0.05, 0) is 56.7 Å². The smallest absolute Gasteiger partial charge is 0.315 e. The number of aryl methyl sites for hydroxylation is 1. The van der Waals surface area contributed by atoms with E-state index in [1.807, 2.05) is 0 Å². The number of urea groups is 1. The van der Waals surface area contributed by atoms with Gasteiger partial charge < -0.3 is 10.6 Å². The van der Waals surface area contributed by atoms with Crippen molar-refractivity contribution < 1.29 is 4.79 Å². The summed E-state index contributed by atoms with van der Waals surface area (Å²) >= 11 is 0. The molecule has 31 heavy (non-hydrogen) atoms. The Morgan fingerprint density at radius 1 is 1.03 bits per heavy atom. The average Bonchev–Trinajstić information content (AvgIpc) is 3.32. The predicted octanol–water partition coefficient (Wildman–Crippen LogP) is 5.66. The summed E-state index contributed by atoms with van der Waals surface area (Å²) in [7, 11) is 0. The molecule has 0 unspecified atom stereocenters. The van der Waals surface area contributed by atoms with Gasteiger partial charge in [-0.2, -0.15) is 5.10 Å². The molecule has 2 aliphatic rings. The molecule has 0 bridgehead atoms. The molecular formula is C26H36N4O. The molecule has 1 saturated carbocycles. The molecule has 2 aliphatic carbocycles. The van der Waals surface area contributed by atoms with Gasteiger partial charge in [0.1, 0.15) is 0 Å². The number of allylic oxidation sites excluding steroid dienone is 1. The second-order valence-corrected chi connectivity index (χ2v) is 9.53. The van der Waals surface area contributed by atoms with Gasteiger partial charge in [-0.25, -0.2) is 9.48 Å². The van der Waals surface area contributed by atoms with Crippen molar-refractivity contribution in [2.75, 3.05) is 0 Å². The summed E-state index contributed by atoms with van der Waals surface area (Å²) in [5.41, 5.74) is 5.95. The highest BCUT2D eigenvalue weighted by Crippen LogP contribution is 2.34. The van der Waals surface area contributed by atoms with Gasteiger partial charge in [0.15, 0.2) is 0 Å². The van der Waals surface area contributed by atoms with E-state index in [9.17, 15) is 4.79 Å². The predicted molar refractivity (Wildman–Crippen MR) is 126 cm³/mol. The molecule has 5 heteroatoms. The number of carbonyl (C=O) groups excluding carboxylic acids is 1. The first kappa shape index (κ1) is 21.7. The molecule has 1 aromatic heterocycles. The summed E-state index contributed by atoms with van der Waals surface area (Å²) < 4.78 is 2.05. The normalized spacial score (nSPS) is 21.6. The fraction of sp³-hybridized carbons (Fsp3) is 0.538. The number of nitrogens with zero attached hydrogens (tertiary/aromatic N) is 2. The first-order chi connectivity index (χ1) is 14.9. The van der Waals surface area contributed by atoms with E-state index in [1.54, 1.807) is 0 Å². The summed E-state index contributed by atoms with van der Waals surface area (Å²) in [4.78, 5) is 12.4. The molecule has 0 saturated heterocycles. The van der Waals surface area contributed by atoms with Crippen LogP contribution in [0.3, 0.4) is 0 Å². The Kier molecular flexibility index (Phi) is 6.49. The molecule has 0 aliphatic heterocycles. The van der Waals surface area contributed by atoms with E-state index in [0.29, 0.717) is 12.0 Å². The van der Waals surface area contributed by atoms with Crippen molar-refractivity contribution in [2.45, 2.75) is 90.1 Å². The van der Waals surface area contributed by atoms with Crippen LogP contribution >= 0.6 is 0 Å². The molecule has 1 heterocycles. The van der Waals surface area contributed by atoms with Gasteiger partial charge in [0.25, 0.3) is 0 Å². The second kappa shape index (κ2) is 9.29. The van der Waals surface area contributed by atoms with E-state index >= 15 is 0 Å². The summed E-state index contributed by atoms with van der Waals surface area (Å²) in [6.07, 6.45) is 11.2. The molecule has 166 valence electrons. The Labute approximate surface area is 186 Å². The van der Waals surface area contributed by atoms with E-state index in [1.165, 1.54) is 36.1 Å². The monoisotopic (exact) mass is 420 g/mol. The van der Waals surface area contributed by atoms with Crippen molar-refractivity contribution in [3.05, 3.63) is 58.9 Å². The number of rotatable bonds is 5. The van der Waals surface area contributed by atoms with Crippen molar-refractivity contribution >= 4 is 6.03 Å². The molecule has 5 nitrogen and oxygen atoms in total. The van der Waals surface area contributed by atoms with E-state index in [-0.39, 0.29) is 18.0 Å². The highest BCUT2D eigenvalue weighted by atomic mass is 16.2. The SMILES string of the molecule is Cc1nn(-c2ccc(C(C)C)cc2)c(C)c1[C@H]1C=C[C@@H](NC(=O)NC2CCCCC2)C1. The summed E-state index contributed by atoms with van der Waals surface area (Å²) in [6, 6.07) is 9.07. The summed E-state index contributed by atoms with van der Waals surface area (Å²) in [5, 5.41) is 11.2. The third-order valence-electron chi connectivity index (χ3n) is 6.86. The van der Waals surface area contributed by atoms with Crippen LogP contribution < -0.4 is 10.6 Å². The maximum Gasteiger partial charge on any atom is 0.315 e. The molecular weight excluding hydrogens is 384 g/mol. The number of hydrogen-bond donors (Lipinski definition) is 2. The number of aromatic nitrogens is 2. The number of nitrogens with one attached hydrogen (secondary N) is 2. The lowest BCUT2D eigenvalue weighted by Gasteiger charge is -2.24. The number of hydrogen-bond acceptors (Lipinski definition) is 2. The second-order valence-electron chi connectivity index (χ2n) is 9.53. The first-order valence-electron chi connectivity index (χ1n) is 11.8.